The third-order valence-electron chi connectivity index (χ3n) is 2.06. The van der Waals surface area contributed by atoms with Crippen molar-refractivity contribution in [3.63, 3.8) is 0 Å². The number of hydrogen-bond donors (Lipinski definition) is 1. The van der Waals surface area contributed by atoms with Gasteiger partial charge in [-0.3, -0.25) is 0 Å². The molecular weight excluding hydrogens is 166 g/mol. The molecule has 0 aliphatic rings. The molecule has 2 N–H and O–H groups in total. The van der Waals surface area contributed by atoms with Gasteiger partial charge in [-0.1, -0.05) is 0 Å². The van der Waals surface area contributed by atoms with Gasteiger partial charge in [-0.2, -0.15) is 0 Å². The zero-order valence-corrected chi connectivity index (χ0v) is 8.24. The number of terminal acetylenes is 1. The first kappa shape index (κ1) is 9.31. The highest BCUT2D eigenvalue weighted by atomic mass is 32.1. The monoisotopic (exact) mass is 179 g/mol. The van der Waals surface area contributed by atoms with Gasteiger partial charge in [0.05, 0.1) is 0 Å². The van der Waals surface area contributed by atoms with E-state index in [0.29, 0.717) is 6.42 Å². The Kier molecular flexibility index (Phi) is 2.91. The summed E-state index contributed by atoms with van der Waals surface area (Å²) >= 11 is 1.74. The standard InChI is InChI=1S/C10H13NS/c1-4-5-10(11)9-6-12-8(3)7(9)2/h1,6,10H,5,11H2,2-3H3. The van der Waals surface area contributed by atoms with Crippen molar-refractivity contribution in [1.82, 2.24) is 0 Å². The van der Waals surface area contributed by atoms with Crippen LogP contribution >= 0.6 is 11.3 Å². The van der Waals surface area contributed by atoms with Gasteiger partial charge < -0.3 is 5.73 Å². The number of thiophene rings is 1. The minimum absolute atomic E-state index is 0.0138. The molecular formula is C10H13NS. The Morgan fingerprint density at radius 3 is 2.75 bits per heavy atom. The molecule has 1 aromatic rings. The molecule has 1 atom stereocenters. The van der Waals surface area contributed by atoms with E-state index < -0.39 is 0 Å². The number of hydrogen-bond acceptors (Lipinski definition) is 2. The fourth-order valence-corrected chi connectivity index (χ4v) is 2.08. The van der Waals surface area contributed by atoms with Gasteiger partial charge in [0.15, 0.2) is 0 Å². The van der Waals surface area contributed by atoms with Crippen LogP contribution in [0.25, 0.3) is 0 Å². The van der Waals surface area contributed by atoms with Crippen LogP contribution in [0.3, 0.4) is 0 Å². The Balaban J connectivity index is 2.89. The summed E-state index contributed by atoms with van der Waals surface area (Å²) in [5, 5.41) is 2.10. The van der Waals surface area contributed by atoms with Crippen molar-refractivity contribution < 1.29 is 0 Å². The Morgan fingerprint density at radius 1 is 1.67 bits per heavy atom. The molecule has 0 spiro atoms. The summed E-state index contributed by atoms with van der Waals surface area (Å²) in [5.74, 6) is 2.58. The molecule has 0 bridgehead atoms. The maximum Gasteiger partial charge on any atom is 0.0416 e. The van der Waals surface area contributed by atoms with E-state index in [4.69, 9.17) is 12.2 Å². The zero-order valence-electron chi connectivity index (χ0n) is 7.42. The minimum Gasteiger partial charge on any atom is -0.323 e. The summed E-state index contributed by atoms with van der Waals surface area (Å²) in [7, 11) is 0. The first-order valence-electron chi connectivity index (χ1n) is 3.90. The number of aryl methyl sites for hydroxylation is 1. The van der Waals surface area contributed by atoms with Crippen molar-refractivity contribution in [3.05, 3.63) is 21.4 Å². The zero-order chi connectivity index (χ0) is 9.14. The molecule has 0 aromatic carbocycles. The van der Waals surface area contributed by atoms with Crippen LogP contribution in [0.5, 0.6) is 0 Å². The third kappa shape index (κ3) is 1.69. The van der Waals surface area contributed by atoms with E-state index >= 15 is 0 Å². The molecule has 0 amide bonds. The molecule has 1 nitrogen and oxygen atoms in total. The van der Waals surface area contributed by atoms with Crippen molar-refractivity contribution >= 4 is 11.3 Å². The Bertz CT molecular complexity index is 306. The predicted molar refractivity (Wildman–Crippen MR) is 54.2 cm³/mol. The van der Waals surface area contributed by atoms with Crippen molar-refractivity contribution in [1.29, 1.82) is 0 Å². The normalized spacial score (nSPS) is 12.5. The summed E-state index contributed by atoms with van der Waals surface area (Å²) < 4.78 is 0. The maximum absolute atomic E-state index is 5.88. The fourth-order valence-electron chi connectivity index (χ4n) is 1.13. The van der Waals surface area contributed by atoms with Crippen LogP contribution in [0.15, 0.2) is 5.38 Å². The van der Waals surface area contributed by atoms with Crippen LogP contribution in [0.4, 0.5) is 0 Å². The average molecular weight is 179 g/mol. The van der Waals surface area contributed by atoms with Gasteiger partial charge in [0, 0.05) is 17.3 Å². The van der Waals surface area contributed by atoms with E-state index in [0.717, 1.165) is 0 Å². The molecule has 1 aromatic heterocycles. The summed E-state index contributed by atoms with van der Waals surface area (Å²) in [4.78, 5) is 1.33. The fraction of sp³-hybridized carbons (Fsp3) is 0.400. The largest absolute Gasteiger partial charge is 0.323 e. The molecule has 0 aliphatic heterocycles. The van der Waals surface area contributed by atoms with E-state index in [1.165, 1.54) is 16.0 Å². The minimum atomic E-state index is 0.0138. The van der Waals surface area contributed by atoms with Gasteiger partial charge in [0.2, 0.25) is 0 Å². The lowest BCUT2D eigenvalue weighted by Gasteiger charge is -2.07. The lowest BCUT2D eigenvalue weighted by Crippen LogP contribution is -2.09. The van der Waals surface area contributed by atoms with Crippen LogP contribution < -0.4 is 5.73 Å². The quantitative estimate of drug-likeness (QED) is 0.693. The van der Waals surface area contributed by atoms with Gasteiger partial charge in [-0.15, -0.1) is 23.7 Å². The summed E-state index contributed by atoms with van der Waals surface area (Å²) in [6, 6.07) is 0.0138. The number of nitrogens with two attached hydrogens (primary N) is 1. The maximum atomic E-state index is 5.88. The lowest BCUT2D eigenvalue weighted by molar-refractivity contribution is 0.752. The van der Waals surface area contributed by atoms with E-state index in [1.54, 1.807) is 11.3 Å². The molecule has 2 heteroatoms. The SMILES string of the molecule is C#CCC(N)c1csc(C)c1C. The molecule has 0 radical (unpaired) electrons. The molecule has 1 unspecified atom stereocenters. The Morgan fingerprint density at radius 2 is 2.33 bits per heavy atom. The van der Waals surface area contributed by atoms with Gasteiger partial charge >= 0.3 is 0 Å². The second-order valence-corrected chi connectivity index (χ2v) is 3.97. The molecule has 0 saturated carbocycles. The van der Waals surface area contributed by atoms with Crippen molar-refractivity contribution in [2.24, 2.45) is 5.73 Å². The molecule has 1 heterocycles. The highest BCUT2D eigenvalue weighted by molar-refractivity contribution is 7.10. The summed E-state index contributed by atoms with van der Waals surface area (Å²) in [6.07, 6.45) is 5.82. The molecule has 64 valence electrons. The molecule has 1 rings (SSSR count). The van der Waals surface area contributed by atoms with Gasteiger partial charge in [-0.25, -0.2) is 0 Å². The van der Waals surface area contributed by atoms with Gasteiger partial charge in [-0.05, 0) is 30.4 Å². The topological polar surface area (TPSA) is 26.0 Å². The summed E-state index contributed by atoms with van der Waals surface area (Å²) in [6.45, 7) is 4.20. The smallest absolute Gasteiger partial charge is 0.0416 e. The van der Waals surface area contributed by atoms with E-state index in [-0.39, 0.29) is 6.04 Å². The second kappa shape index (κ2) is 3.75. The molecule has 0 fully saturated rings. The highest BCUT2D eigenvalue weighted by Crippen LogP contribution is 2.26. The van der Waals surface area contributed by atoms with Gasteiger partial charge in [0.25, 0.3) is 0 Å². The Labute approximate surface area is 77.6 Å². The lowest BCUT2D eigenvalue weighted by atomic mass is 10.0. The first-order chi connectivity index (χ1) is 5.66. The van der Waals surface area contributed by atoms with Gasteiger partial charge in [0.1, 0.15) is 0 Å². The van der Waals surface area contributed by atoms with E-state index in [1.807, 2.05) is 0 Å². The van der Waals surface area contributed by atoms with Crippen LogP contribution in [0, 0.1) is 26.2 Å². The second-order valence-electron chi connectivity index (χ2n) is 2.89. The molecule has 12 heavy (non-hydrogen) atoms. The van der Waals surface area contributed by atoms with Crippen molar-refractivity contribution in [3.8, 4) is 12.3 Å². The van der Waals surface area contributed by atoms with Crippen molar-refractivity contribution in [2.45, 2.75) is 26.3 Å². The predicted octanol–water partition coefficient (Wildman–Crippen LogP) is 2.39. The highest BCUT2D eigenvalue weighted by Gasteiger charge is 2.10. The Hall–Kier alpha value is -0.780. The molecule has 0 saturated heterocycles. The average Bonchev–Trinajstić information content (AvgIpc) is 2.34. The van der Waals surface area contributed by atoms with E-state index in [9.17, 15) is 0 Å². The van der Waals surface area contributed by atoms with Crippen LogP contribution in [0.2, 0.25) is 0 Å². The molecule has 0 aliphatic carbocycles. The first-order valence-corrected chi connectivity index (χ1v) is 4.78. The van der Waals surface area contributed by atoms with Crippen LogP contribution in [-0.2, 0) is 0 Å². The third-order valence-corrected chi connectivity index (χ3v) is 3.09. The van der Waals surface area contributed by atoms with Crippen LogP contribution in [0.1, 0.15) is 28.5 Å². The van der Waals surface area contributed by atoms with Crippen molar-refractivity contribution in [2.75, 3.05) is 0 Å². The van der Waals surface area contributed by atoms with E-state index in [2.05, 4.69) is 25.1 Å². The number of rotatable bonds is 2. The summed E-state index contributed by atoms with van der Waals surface area (Å²) in [5.41, 5.74) is 8.38. The van der Waals surface area contributed by atoms with Crippen LogP contribution in [-0.4, -0.2) is 0 Å².